The van der Waals surface area contributed by atoms with Gasteiger partial charge in [0.05, 0.1) is 24.0 Å². The van der Waals surface area contributed by atoms with Crippen LogP contribution in [0, 0.1) is 24.2 Å². The summed E-state index contributed by atoms with van der Waals surface area (Å²) in [5.41, 5.74) is 3.31. The zero-order valence-corrected chi connectivity index (χ0v) is 16.8. The Morgan fingerprint density at radius 3 is 3.07 bits per heavy atom. The van der Waals surface area contributed by atoms with Gasteiger partial charge in [0.15, 0.2) is 0 Å². The Balaban J connectivity index is 1.66. The molecule has 0 fully saturated rings. The molecule has 0 bridgehead atoms. The van der Waals surface area contributed by atoms with Crippen molar-refractivity contribution in [1.29, 1.82) is 5.26 Å². The van der Waals surface area contributed by atoms with Gasteiger partial charge in [0, 0.05) is 24.1 Å². The van der Waals surface area contributed by atoms with E-state index in [1.807, 2.05) is 39.1 Å². The number of thioether (sulfide) groups is 1. The van der Waals surface area contributed by atoms with Crippen molar-refractivity contribution in [3.63, 3.8) is 0 Å². The molecule has 1 aromatic rings. The number of hydrogen-bond donors (Lipinski definition) is 1. The van der Waals surface area contributed by atoms with Gasteiger partial charge in [-0.15, -0.1) is 0 Å². The lowest BCUT2D eigenvalue weighted by molar-refractivity contribution is -0.121. The van der Waals surface area contributed by atoms with E-state index < -0.39 is 0 Å². The highest BCUT2D eigenvalue weighted by atomic mass is 32.2. The smallest absolute Gasteiger partial charge is 0.221 e. The van der Waals surface area contributed by atoms with Crippen LogP contribution in [0.5, 0.6) is 5.75 Å². The van der Waals surface area contributed by atoms with Gasteiger partial charge < -0.3 is 10.1 Å². The number of allylic oxidation sites excluding steroid dienone is 1. The van der Waals surface area contributed by atoms with E-state index in [0.29, 0.717) is 13.0 Å². The van der Waals surface area contributed by atoms with Crippen LogP contribution in [0.4, 0.5) is 0 Å². The third-order valence-corrected chi connectivity index (χ3v) is 6.16. The van der Waals surface area contributed by atoms with Crippen molar-refractivity contribution >= 4 is 23.9 Å². The first-order chi connectivity index (χ1) is 13.0. The van der Waals surface area contributed by atoms with E-state index in [-0.39, 0.29) is 23.1 Å². The van der Waals surface area contributed by atoms with E-state index in [9.17, 15) is 10.1 Å². The summed E-state index contributed by atoms with van der Waals surface area (Å²) in [5, 5.41) is 12.4. The first-order valence-corrected chi connectivity index (χ1v) is 10.2. The quantitative estimate of drug-likeness (QED) is 0.807. The molecule has 2 heterocycles. The number of hydrogen-bond acceptors (Lipinski definition) is 5. The first kappa shape index (κ1) is 19.5. The standard InChI is InChI=1S/C21H25N3O2S/c1-4-26-18-6-5-13(2)9-16(18)14(3)10-20(25)24-21-17(11-22)15-7-8-23-12-19(15)27-21/h5-6,9,12,14,17,21H,4,7-8,10H2,1-3H3,(H,24,25). The summed E-state index contributed by atoms with van der Waals surface area (Å²) in [6.45, 7) is 7.35. The molecule has 0 aliphatic carbocycles. The minimum absolute atomic E-state index is 0.0301. The maximum absolute atomic E-state index is 12.7. The van der Waals surface area contributed by atoms with Crippen molar-refractivity contribution in [1.82, 2.24) is 5.32 Å². The summed E-state index contributed by atoms with van der Waals surface area (Å²) in [6.07, 6.45) is 3.00. The molecule has 1 amide bonds. The molecule has 2 aliphatic rings. The van der Waals surface area contributed by atoms with Crippen LogP contribution in [-0.2, 0) is 4.79 Å². The molecule has 6 heteroatoms. The van der Waals surface area contributed by atoms with Crippen LogP contribution in [0.2, 0.25) is 0 Å². The number of aliphatic imine (C=N–C) groups is 1. The molecule has 3 rings (SSSR count). The summed E-state index contributed by atoms with van der Waals surface area (Å²) in [7, 11) is 0. The zero-order chi connectivity index (χ0) is 19.4. The lowest BCUT2D eigenvalue weighted by Crippen LogP contribution is -2.36. The van der Waals surface area contributed by atoms with Crippen LogP contribution < -0.4 is 10.1 Å². The minimum atomic E-state index is -0.269. The molecule has 1 aromatic carbocycles. The van der Waals surface area contributed by atoms with Crippen LogP contribution in [-0.4, -0.2) is 30.6 Å². The van der Waals surface area contributed by atoms with Crippen molar-refractivity contribution in [2.45, 2.75) is 44.9 Å². The van der Waals surface area contributed by atoms with E-state index in [1.54, 1.807) is 11.8 Å². The second-order valence-corrected chi connectivity index (χ2v) is 8.15. The third kappa shape index (κ3) is 4.36. The second-order valence-electron chi connectivity index (χ2n) is 6.97. The number of ether oxygens (including phenoxy) is 1. The summed E-state index contributed by atoms with van der Waals surface area (Å²) < 4.78 is 5.73. The van der Waals surface area contributed by atoms with E-state index in [1.165, 1.54) is 0 Å². The Morgan fingerprint density at radius 1 is 1.52 bits per heavy atom. The molecule has 27 heavy (non-hydrogen) atoms. The lowest BCUT2D eigenvalue weighted by atomic mass is 9.94. The Morgan fingerprint density at radius 2 is 2.33 bits per heavy atom. The van der Waals surface area contributed by atoms with Gasteiger partial charge in [-0.3, -0.25) is 9.79 Å². The van der Waals surface area contributed by atoms with Crippen LogP contribution in [0.1, 0.15) is 43.7 Å². The van der Waals surface area contributed by atoms with E-state index in [0.717, 1.165) is 40.3 Å². The predicted molar refractivity (Wildman–Crippen MR) is 109 cm³/mol. The Labute approximate surface area is 164 Å². The molecule has 142 valence electrons. The number of dihydropyridines is 1. The topological polar surface area (TPSA) is 74.5 Å². The molecular formula is C21H25N3O2S. The summed E-state index contributed by atoms with van der Waals surface area (Å²) in [6, 6.07) is 8.44. The molecule has 0 spiro atoms. The Kier molecular flexibility index (Phi) is 6.22. The van der Waals surface area contributed by atoms with Crippen LogP contribution >= 0.6 is 11.8 Å². The van der Waals surface area contributed by atoms with Gasteiger partial charge in [-0.05, 0) is 43.4 Å². The SMILES string of the molecule is CCOc1ccc(C)cc1C(C)CC(=O)NC1SC2=C(CCN=C2)C1C#N. The molecule has 1 N–H and O–H groups in total. The summed E-state index contributed by atoms with van der Waals surface area (Å²) in [5.74, 6) is 0.555. The van der Waals surface area contributed by atoms with Crippen molar-refractivity contribution in [3.8, 4) is 11.8 Å². The monoisotopic (exact) mass is 383 g/mol. The van der Waals surface area contributed by atoms with Crippen molar-refractivity contribution in [2.24, 2.45) is 10.9 Å². The second kappa shape index (κ2) is 8.62. The molecule has 3 unspecified atom stereocenters. The van der Waals surface area contributed by atoms with Crippen LogP contribution in [0.15, 0.2) is 33.7 Å². The number of rotatable bonds is 6. The molecular weight excluding hydrogens is 358 g/mol. The zero-order valence-electron chi connectivity index (χ0n) is 16.0. The summed E-state index contributed by atoms with van der Waals surface area (Å²) in [4.78, 5) is 18.0. The molecule has 0 saturated heterocycles. The predicted octanol–water partition coefficient (Wildman–Crippen LogP) is 3.94. The van der Waals surface area contributed by atoms with E-state index >= 15 is 0 Å². The molecule has 0 aromatic heterocycles. The average Bonchev–Trinajstić information content (AvgIpc) is 2.99. The van der Waals surface area contributed by atoms with Gasteiger partial charge in [0.25, 0.3) is 0 Å². The highest BCUT2D eigenvalue weighted by Gasteiger charge is 2.37. The maximum Gasteiger partial charge on any atom is 0.221 e. The molecule has 2 aliphatic heterocycles. The third-order valence-electron chi connectivity index (χ3n) is 4.90. The fourth-order valence-electron chi connectivity index (χ4n) is 3.55. The Bertz CT molecular complexity index is 825. The number of benzene rings is 1. The summed E-state index contributed by atoms with van der Waals surface area (Å²) >= 11 is 1.54. The molecule has 0 saturated carbocycles. The van der Waals surface area contributed by atoms with Crippen LogP contribution in [0.25, 0.3) is 0 Å². The number of amides is 1. The molecule has 0 radical (unpaired) electrons. The highest BCUT2D eigenvalue weighted by molar-refractivity contribution is 8.04. The Hall–Kier alpha value is -2.26. The minimum Gasteiger partial charge on any atom is -0.494 e. The number of carbonyl (C=O) groups excluding carboxylic acids is 1. The van der Waals surface area contributed by atoms with Gasteiger partial charge in [-0.1, -0.05) is 36.4 Å². The van der Waals surface area contributed by atoms with E-state index in [4.69, 9.17) is 4.74 Å². The van der Waals surface area contributed by atoms with Gasteiger partial charge in [0.1, 0.15) is 5.75 Å². The average molecular weight is 384 g/mol. The van der Waals surface area contributed by atoms with Gasteiger partial charge in [0.2, 0.25) is 5.91 Å². The van der Waals surface area contributed by atoms with Crippen LogP contribution in [0.3, 0.4) is 0 Å². The number of carbonyl (C=O) groups is 1. The van der Waals surface area contributed by atoms with Crippen molar-refractivity contribution in [2.75, 3.05) is 13.2 Å². The fraction of sp³-hybridized carbons (Fsp3) is 0.476. The van der Waals surface area contributed by atoms with Crippen molar-refractivity contribution < 1.29 is 9.53 Å². The number of nitriles is 1. The molecule has 3 atom stereocenters. The van der Waals surface area contributed by atoms with E-state index in [2.05, 4.69) is 22.4 Å². The maximum atomic E-state index is 12.7. The largest absolute Gasteiger partial charge is 0.494 e. The number of aryl methyl sites for hydroxylation is 1. The molecule has 5 nitrogen and oxygen atoms in total. The highest BCUT2D eigenvalue weighted by Crippen LogP contribution is 2.42. The normalized spacial score (nSPS) is 22.1. The number of nitrogens with zero attached hydrogens (tertiary/aromatic N) is 2. The lowest BCUT2D eigenvalue weighted by Gasteiger charge is -2.20. The first-order valence-electron chi connectivity index (χ1n) is 9.35. The van der Waals surface area contributed by atoms with Gasteiger partial charge >= 0.3 is 0 Å². The van der Waals surface area contributed by atoms with Gasteiger partial charge in [-0.2, -0.15) is 5.26 Å². The number of nitrogens with one attached hydrogen (secondary N) is 1. The fourth-order valence-corrected chi connectivity index (χ4v) is 4.89. The van der Waals surface area contributed by atoms with Gasteiger partial charge in [-0.25, -0.2) is 0 Å². The van der Waals surface area contributed by atoms with Crippen molar-refractivity contribution in [3.05, 3.63) is 39.8 Å².